The van der Waals surface area contributed by atoms with Crippen LogP contribution in [0.25, 0.3) is 28.1 Å². The number of halogens is 4. The number of alkyl halides is 3. The molecule has 1 saturated carbocycles. The molecule has 0 saturated heterocycles. The number of fused-ring (bicyclic) bond motifs is 1. The van der Waals surface area contributed by atoms with E-state index in [9.17, 15) is 23.2 Å². The molecule has 4 aromatic rings. The number of nitriles is 1. The van der Waals surface area contributed by atoms with Gasteiger partial charge in [0.05, 0.1) is 16.8 Å². The Kier molecular flexibility index (Phi) is 6.98. The van der Waals surface area contributed by atoms with Crippen LogP contribution in [0.3, 0.4) is 0 Å². The van der Waals surface area contributed by atoms with Gasteiger partial charge in [0, 0.05) is 28.2 Å². The normalized spacial score (nSPS) is 14.7. The highest BCUT2D eigenvalue weighted by Crippen LogP contribution is 2.48. The summed E-state index contributed by atoms with van der Waals surface area (Å²) in [5, 5.41) is 25.8. The highest BCUT2D eigenvalue weighted by molar-refractivity contribution is 6.30. The third kappa shape index (κ3) is 5.29. The Morgan fingerprint density at radius 3 is 2.51 bits per heavy atom. The molecule has 2 aromatic heterocycles. The maximum absolute atomic E-state index is 14.3. The number of nitrogens with zero attached hydrogens (tertiary/aromatic N) is 3. The Hall–Kier alpha value is -4.42. The Balaban J connectivity index is 1.83. The number of benzene rings is 2. The fraction of sp³-hybridized carbons (Fsp3) is 0.172. The number of allylic oxidation sites excluding steroid dienone is 1. The van der Waals surface area contributed by atoms with Gasteiger partial charge in [-0.05, 0) is 77.4 Å². The van der Waals surface area contributed by atoms with Gasteiger partial charge in [0.15, 0.2) is 5.69 Å². The second-order valence-corrected chi connectivity index (χ2v) is 9.63. The molecule has 0 radical (unpaired) electrons. The van der Waals surface area contributed by atoms with Crippen molar-refractivity contribution in [3.8, 4) is 6.07 Å². The molecule has 5 rings (SSSR count). The molecule has 0 unspecified atom stereocenters. The number of hydrogen-bond donors (Lipinski definition) is 2. The molecule has 1 aliphatic carbocycles. The lowest BCUT2D eigenvalue weighted by Gasteiger charge is -2.33. The zero-order valence-corrected chi connectivity index (χ0v) is 21.0. The van der Waals surface area contributed by atoms with Crippen LogP contribution >= 0.6 is 11.6 Å². The summed E-state index contributed by atoms with van der Waals surface area (Å²) in [6, 6.07) is 14.4. The first-order valence-corrected chi connectivity index (χ1v) is 12.4. The standard InChI is InChI=1S/C29H20ClF3N4O2/c30-19-6-9-21(23(13-19)29(31,32)33)28(16-2-1-3-16)27(18-4-7-20(35-15-18)8-11-26(38)39)17-5-10-24-22(12-17)25(14-34)37-36-24/h4-13,15-16H,1-3H2,(H,36,37)(H,38,39)/b11-8+,28-27?. The Labute approximate surface area is 226 Å². The van der Waals surface area contributed by atoms with E-state index in [1.165, 1.54) is 24.4 Å². The van der Waals surface area contributed by atoms with Crippen LogP contribution in [0.5, 0.6) is 0 Å². The minimum atomic E-state index is -4.65. The predicted molar refractivity (Wildman–Crippen MR) is 141 cm³/mol. The van der Waals surface area contributed by atoms with Gasteiger partial charge in [-0.15, -0.1) is 0 Å². The van der Waals surface area contributed by atoms with Gasteiger partial charge in [-0.25, -0.2) is 4.79 Å². The van der Waals surface area contributed by atoms with E-state index in [0.717, 1.165) is 18.6 Å². The molecule has 2 aromatic carbocycles. The maximum atomic E-state index is 14.3. The lowest BCUT2D eigenvalue weighted by Crippen LogP contribution is -2.18. The quantitative estimate of drug-likeness (QED) is 0.193. The van der Waals surface area contributed by atoms with E-state index in [1.54, 1.807) is 30.3 Å². The number of carbonyl (C=O) groups is 1. The molecule has 10 heteroatoms. The van der Waals surface area contributed by atoms with Gasteiger partial charge in [-0.2, -0.15) is 23.5 Å². The van der Waals surface area contributed by atoms with E-state index < -0.39 is 17.7 Å². The number of pyridine rings is 1. The number of hydrogen-bond acceptors (Lipinski definition) is 4. The summed E-state index contributed by atoms with van der Waals surface area (Å²) in [6.07, 6.45) is 1.47. The highest BCUT2D eigenvalue weighted by atomic mass is 35.5. The molecular weight excluding hydrogens is 529 g/mol. The molecular formula is C29H20ClF3N4O2. The molecule has 39 heavy (non-hydrogen) atoms. The summed E-state index contributed by atoms with van der Waals surface area (Å²) in [6.45, 7) is 0. The fourth-order valence-electron chi connectivity index (χ4n) is 4.78. The fourth-order valence-corrected chi connectivity index (χ4v) is 4.95. The van der Waals surface area contributed by atoms with Crippen molar-refractivity contribution in [2.24, 2.45) is 5.92 Å². The first kappa shape index (κ1) is 26.2. The summed E-state index contributed by atoms with van der Waals surface area (Å²) in [4.78, 5) is 15.3. The van der Waals surface area contributed by atoms with E-state index in [-0.39, 0.29) is 22.2 Å². The summed E-state index contributed by atoms with van der Waals surface area (Å²) < 4.78 is 42.9. The lowest BCUT2D eigenvalue weighted by atomic mass is 9.72. The van der Waals surface area contributed by atoms with E-state index in [2.05, 4.69) is 15.2 Å². The molecule has 0 spiro atoms. The summed E-state index contributed by atoms with van der Waals surface area (Å²) in [5.74, 6) is -1.28. The van der Waals surface area contributed by atoms with Crippen LogP contribution in [0.2, 0.25) is 5.02 Å². The first-order chi connectivity index (χ1) is 18.7. The van der Waals surface area contributed by atoms with Gasteiger partial charge in [-0.3, -0.25) is 10.1 Å². The van der Waals surface area contributed by atoms with Crippen molar-refractivity contribution in [2.75, 3.05) is 0 Å². The SMILES string of the molecule is N#Cc1n[nH]c2ccc(C(=C(c3ccc(Cl)cc3C(F)(F)F)C3CCC3)c3ccc(/C=C/C(=O)O)nc3)cc12. The monoisotopic (exact) mass is 548 g/mol. The highest BCUT2D eigenvalue weighted by Gasteiger charge is 2.37. The van der Waals surface area contributed by atoms with Crippen molar-refractivity contribution in [1.82, 2.24) is 15.2 Å². The molecule has 0 amide bonds. The van der Waals surface area contributed by atoms with Gasteiger partial charge < -0.3 is 5.11 Å². The van der Waals surface area contributed by atoms with Crippen molar-refractivity contribution < 1.29 is 23.1 Å². The first-order valence-electron chi connectivity index (χ1n) is 12.0. The molecule has 6 nitrogen and oxygen atoms in total. The Morgan fingerprint density at radius 1 is 1.13 bits per heavy atom. The van der Waals surface area contributed by atoms with Crippen molar-refractivity contribution in [3.05, 3.63) is 99.5 Å². The van der Waals surface area contributed by atoms with Crippen LogP contribution in [0.1, 0.15) is 52.9 Å². The molecule has 1 aliphatic rings. The molecule has 0 bridgehead atoms. The second kappa shape index (κ2) is 10.4. The van der Waals surface area contributed by atoms with E-state index in [1.807, 2.05) is 6.07 Å². The summed E-state index contributed by atoms with van der Waals surface area (Å²) in [7, 11) is 0. The number of aromatic amines is 1. The molecule has 2 heterocycles. The van der Waals surface area contributed by atoms with Crippen molar-refractivity contribution in [1.29, 1.82) is 5.26 Å². The van der Waals surface area contributed by atoms with Crippen LogP contribution in [0, 0.1) is 17.2 Å². The zero-order chi connectivity index (χ0) is 27.7. The van der Waals surface area contributed by atoms with Crippen LogP contribution in [-0.2, 0) is 11.0 Å². The third-order valence-electron chi connectivity index (χ3n) is 6.79. The molecule has 2 N–H and O–H groups in total. The molecule has 0 atom stereocenters. The predicted octanol–water partition coefficient (Wildman–Crippen LogP) is 7.36. The van der Waals surface area contributed by atoms with Gasteiger partial charge in [0.25, 0.3) is 0 Å². The van der Waals surface area contributed by atoms with Crippen molar-refractivity contribution >= 4 is 45.7 Å². The van der Waals surface area contributed by atoms with E-state index >= 15 is 0 Å². The Morgan fingerprint density at radius 2 is 1.90 bits per heavy atom. The number of carboxylic acids is 1. The number of nitrogens with one attached hydrogen (secondary N) is 1. The van der Waals surface area contributed by atoms with E-state index in [0.29, 0.717) is 51.7 Å². The van der Waals surface area contributed by atoms with Gasteiger partial charge >= 0.3 is 12.1 Å². The topological polar surface area (TPSA) is 103 Å². The number of aromatic nitrogens is 3. The molecule has 0 aliphatic heterocycles. The van der Waals surface area contributed by atoms with Gasteiger partial charge in [0.2, 0.25) is 0 Å². The van der Waals surface area contributed by atoms with Crippen LogP contribution in [0.4, 0.5) is 13.2 Å². The van der Waals surface area contributed by atoms with Crippen LogP contribution in [-0.4, -0.2) is 26.3 Å². The number of H-pyrrole nitrogens is 1. The van der Waals surface area contributed by atoms with Crippen molar-refractivity contribution in [2.45, 2.75) is 25.4 Å². The number of carboxylic acid groups (broad SMARTS) is 1. The molecule has 196 valence electrons. The number of aliphatic carboxylic acids is 1. The average molecular weight is 549 g/mol. The minimum Gasteiger partial charge on any atom is -0.478 e. The summed E-state index contributed by atoms with van der Waals surface area (Å²) >= 11 is 6.01. The van der Waals surface area contributed by atoms with Gasteiger partial charge in [0.1, 0.15) is 6.07 Å². The number of rotatable bonds is 6. The lowest BCUT2D eigenvalue weighted by molar-refractivity contribution is -0.137. The largest absolute Gasteiger partial charge is 0.478 e. The second-order valence-electron chi connectivity index (χ2n) is 9.19. The maximum Gasteiger partial charge on any atom is 0.417 e. The zero-order valence-electron chi connectivity index (χ0n) is 20.3. The molecule has 1 fully saturated rings. The van der Waals surface area contributed by atoms with Crippen LogP contribution < -0.4 is 0 Å². The van der Waals surface area contributed by atoms with Crippen LogP contribution in [0.15, 0.2) is 60.8 Å². The van der Waals surface area contributed by atoms with Gasteiger partial charge in [-0.1, -0.05) is 36.2 Å². The smallest absolute Gasteiger partial charge is 0.417 e. The Bertz CT molecular complexity index is 1680. The minimum absolute atomic E-state index is 0.0182. The summed E-state index contributed by atoms with van der Waals surface area (Å²) in [5.41, 5.74) is 2.59. The third-order valence-corrected chi connectivity index (χ3v) is 7.02. The van der Waals surface area contributed by atoms with Crippen molar-refractivity contribution in [3.63, 3.8) is 0 Å². The average Bonchev–Trinajstić information content (AvgIpc) is 3.29. The van der Waals surface area contributed by atoms with E-state index in [4.69, 9.17) is 16.7 Å².